The molecule has 0 aromatic heterocycles. The Kier molecular flexibility index (Phi) is 3.28. The zero-order valence-corrected chi connectivity index (χ0v) is 6.55. The molecule has 0 amide bonds. The van der Waals surface area contributed by atoms with Crippen molar-refractivity contribution in [2.24, 2.45) is 5.92 Å². The Balaban J connectivity index is 2.34. The summed E-state index contributed by atoms with van der Waals surface area (Å²) in [6.07, 6.45) is 13.2. The van der Waals surface area contributed by atoms with Gasteiger partial charge in [0.2, 0.25) is 0 Å². The summed E-state index contributed by atoms with van der Waals surface area (Å²) in [5.74, 6) is 0.782. The lowest BCUT2D eigenvalue weighted by atomic mass is 9.94. The van der Waals surface area contributed by atoms with E-state index in [9.17, 15) is 0 Å². The molecular weight excluding hydrogens is 120 g/mol. The summed E-state index contributed by atoms with van der Waals surface area (Å²) in [6.45, 7) is 3.83. The molecule has 0 saturated carbocycles. The van der Waals surface area contributed by atoms with Crippen LogP contribution in [0.25, 0.3) is 0 Å². The summed E-state index contributed by atoms with van der Waals surface area (Å²) in [4.78, 5) is 0. The van der Waals surface area contributed by atoms with Crippen molar-refractivity contribution in [2.45, 2.75) is 32.1 Å². The van der Waals surface area contributed by atoms with Crippen LogP contribution in [0.2, 0.25) is 0 Å². The monoisotopic (exact) mass is 136 g/mol. The molecule has 1 aliphatic rings. The zero-order valence-electron chi connectivity index (χ0n) is 6.55. The van der Waals surface area contributed by atoms with E-state index in [1.807, 2.05) is 0 Å². The number of hydrogen-bond donors (Lipinski definition) is 0. The van der Waals surface area contributed by atoms with Crippen LogP contribution in [0.3, 0.4) is 0 Å². The first-order valence-corrected chi connectivity index (χ1v) is 4.21. The molecule has 0 N–H and O–H groups in total. The summed E-state index contributed by atoms with van der Waals surface area (Å²) in [7, 11) is 0. The second-order valence-corrected chi connectivity index (χ2v) is 2.98. The Morgan fingerprint density at radius 2 is 2.00 bits per heavy atom. The van der Waals surface area contributed by atoms with Crippen molar-refractivity contribution in [1.29, 1.82) is 0 Å². The van der Waals surface area contributed by atoms with Crippen molar-refractivity contribution < 1.29 is 0 Å². The van der Waals surface area contributed by atoms with Gasteiger partial charge in [0.05, 0.1) is 0 Å². The third-order valence-corrected chi connectivity index (χ3v) is 2.15. The van der Waals surface area contributed by atoms with Gasteiger partial charge in [-0.05, 0) is 38.0 Å². The molecule has 0 saturated heterocycles. The summed E-state index contributed by atoms with van der Waals surface area (Å²) < 4.78 is 0. The Labute approximate surface area is 63.6 Å². The van der Waals surface area contributed by atoms with E-state index in [0.29, 0.717) is 0 Å². The van der Waals surface area contributed by atoms with Gasteiger partial charge in [-0.25, -0.2) is 0 Å². The second-order valence-electron chi connectivity index (χ2n) is 2.98. The van der Waals surface area contributed by atoms with Crippen LogP contribution in [-0.4, -0.2) is 0 Å². The van der Waals surface area contributed by atoms with E-state index < -0.39 is 0 Å². The average Bonchev–Trinajstić information content (AvgIpc) is 1.87. The minimum Gasteiger partial charge on any atom is -0.103 e. The van der Waals surface area contributed by atoms with Crippen molar-refractivity contribution in [1.82, 2.24) is 0 Å². The first kappa shape index (κ1) is 7.59. The van der Waals surface area contributed by atoms with Gasteiger partial charge in [0, 0.05) is 0 Å². The molecule has 0 spiro atoms. The minimum atomic E-state index is 0.782. The van der Waals surface area contributed by atoms with Gasteiger partial charge in [0.15, 0.2) is 0 Å². The fourth-order valence-corrected chi connectivity index (χ4v) is 1.42. The molecular formula is C10H16. The summed E-state index contributed by atoms with van der Waals surface area (Å²) in [6, 6.07) is 0. The van der Waals surface area contributed by atoms with Gasteiger partial charge < -0.3 is 0 Å². The van der Waals surface area contributed by atoms with Gasteiger partial charge in [-0.1, -0.05) is 18.2 Å². The second kappa shape index (κ2) is 4.32. The third-order valence-electron chi connectivity index (χ3n) is 2.15. The highest BCUT2D eigenvalue weighted by Gasteiger charge is 2.03. The SMILES string of the molecule is C=CC1CCC=CCCC1. The molecule has 0 aromatic rings. The Hall–Kier alpha value is -0.520. The fourth-order valence-electron chi connectivity index (χ4n) is 1.42. The van der Waals surface area contributed by atoms with Crippen LogP contribution in [0.15, 0.2) is 24.8 Å². The van der Waals surface area contributed by atoms with Crippen molar-refractivity contribution in [2.75, 3.05) is 0 Å². The normalized spacial score (nSPS) is 27.0. The Bertz CT molecular complexity index is 122. The number of hydrogen-bond acceptors (Lipinski definition) is 0. The molecule has 1 aliphatic carbocycles. The van der Waals surface area contributed by atoms with E-state index >= 15 is 0 Å². The Morgan fingerprint density at radius 1 is 1.20 bits per heavy atom. The van der Waals surface area contributed by atoms with Crippen LogP contribution in [0, 0.1) is 5.92 Å². The maximum Gasteiger partial charge on any atom is -0.0233 e. The molecule has 1 unspecified atom stereocenters. The molecule has 1 rings (SSSR count). The molecule has 0 fully saturated rings. The lowest BCUT2D eigenvalue weighted by Gasteiger charge is -2.11. The van der Waals surface area contributed by atoms with Crippen molar-refractivity contribution in [3.8, 4) is 0 Å². The molecule has 0 radical (unpaired) electrons. The first-order chi connectivity index (χ1) is 4.93. The van der Waals surface area contributed by atoms with E-state index in [1.165, 1.54) is 32.1 Å². The van der Waals surface area contributed by atoms with E-state index in [2.05, 4.69) is 24.8 Å². The van der Waals surface area contributed by atoms with Crippen molar-refractivity contribution >= 4 is 0 Å². The quantitative estimate of drug-likeness (QED) is 0.485. The number of rotatable bonds is 1. The van der Waals surface area contributed by atoms with Crippen LogP contribution in [0.5, 0.6) is 0 Å². The highest BCUT2D eigenvalue weighted by Crippen LogP contribution is 2.18. The molecule has 56 valence electrons. The average molecular weight is 136 g/mol. The Morgan fingerprint density at radius 3 is 2.80 bits per heavy atom. The highest BCUT2D eigenvalue weighted by molar-refractivity contribution is 4.89. The smallest absolute Gasteiger partial charge is 0.0233 e. The van der Waals surface area contributed by atoms with Crippen LogP contribution < -0.4 is 0 Å². The van der Waals surface area contributed by atoms with Crippen LogP contribution in [0.1, 0.15) is 32.1 Å². The van der Waals surface area contributed by atoms with Crippen LogP contribution in [-0.2, 0) is 0 Å². The van der Waals surface area contributed by atoms with Gasteiger partial charge >= 0.3 is 0 Å². The standard InChI is InChI=1S/C10H16/c1-2-10-8-6-4-3-5-7-9-10/h2-4,10H,1,5-9H2. The van der Waals surface area contributed by atoms with E-state index in [1.54, 1.807) is 0 Å². The maximum atomic E-state index is 3.83. The maximum absolute atomic E-state index is 3.83. The topological polar surface area (TPSA) is 0 Å². The molecule has 0 heterocycles. The fraction of sp³-hybridized carbons (Fsp3) is 0.600. The largest absolute Gasteiger partial charge is 0.103 e. The zero-order chi connectivity index (χ0) is 7.23. The molecule has 1 atom stereocenters. The molecule has 0 bridgehead atoms. The first-order valence-electron chi connectivity index (χ1n) is 4.21. The number of allylic oxidation sites excluding steroid dienone is 3. The van der Waals surface area contributed by atoms with E-state index in [0.717, 1.165) is 5.92 Å². The molecule has 0 nitrogen and oxygen atoms in total. The van der Waals surface area contributed by atoms with Gasteiger partial charge in [0.25, 0.3) is 0 Å². The van der Waals surface area contributed by atoms with Gasteiger partial charge in [-0.2, -0.15) is 0 Å². The van der Waals surface area contributed by atoms with Crippen molar-refractivity contribution in [3.63, 3.8) is 0 Å². The van der Waals surface area contributed by atoms with Gasteiger partial charge in [-0.15, -0.1) is 6.58 Å². The molecule has 10 heavy (non-hydrogen) atoms. The summed E-state index contributed by atoms with van der Waals surface area (Å²) in [5, 5.41) is 0. The molecule has 0 aromatic carbocycles. The van der Waals surface area contributed by atoms with E-state index in [-0.39, 0.29) is 0 Å². The minimum absolute atomic E-state index is 0.782. The van der Waals surface area contributed by atoms with Crippen LogP contribution in [0.4, 0.5) is 0 Å². The molecule has 0 heteroatoms. The summed E-state index contributed by atoms with van der Waals surface area (Å²) in [5.41, 5.74) is 0. The molecule has 0 aliphatic heterocycles. The predicted molar refractivity (Wildman–Crippen MR) is 45.9 cm³/mol. The van der Waals surface area contributed by atoms with Crippen LogP contribution >= 0.6 is 0 Å². The lowest BCUT2D eigenvalue weighted by Crippen LogP contribution is -1.96. The third kappa shape index (κ3) is 2.38. The van der Waals surface area contributed by atoms with E-state index in [4.69, 9.17) is 0 Å². The van der Waals surface area contributed by atoms with Gasteiger partial charge in [-0.3, -0.25) is 0 Å². The predicted octanol–water partition coefficient (Wildman–Crippen LogP) is 3.31. The highest BCUT2D eigenvalue weighted by atomic mass is 14.1. The summed E-state index contributed by atoms with van der Waals surface area (Å²) >= 11 is 0. The lowest BCUT2D eigenvalue weighted by molar-refractivity contribution is 0.521. The van der Waals surface area contributed by atoms with Crippen molar-refractivity contribution in [3.05, 3.63) is 24.8 Å². The van der Waals surface area contributed by atoms with Gasteiger partial charge in [0.1, 0.15) is 0 Å².